The molecule has 5 aromatic rings. The molecule has 5 aromatic carbocycles. The number of carbonyl (C=O) groups is 2. The Bertz CT molecular complexity index is 1660. The van der Waals surface area contributed by atoms with Crippen molar-refractivity contribution in [3.63, 3.8) is 0 Å². The lowest BCUT2D eigenvalue weighted by molar-refractivity contribution is -0.108. The molecular formula is C41H41O3PSi. The lowest BCUT2D eigenvalue weighted by Crippen LogP contribution is -2.60. The molecule has 0 saturated carbocycles. The third kappa shape index (κ3) is 7.36. The van der Waals surface area contributed by atoms with Gasteiger partial charge in [-0.1, -0.05) is 159 Å². The summed E-state index contributed by atoms with van der Waals surface area (Å²) in [6.45, 7) is 6.45. The summed E-state index contributed by atoms with van der Waals surface area (Å²) < 4.78 is 6.68. The molecule has 0 fully saturated rings. The average molecular weight is 641 g/mol. The minimum atomic E-state index is -2.59. The fraction of sp³-hybridized carbons (Fsp3) is 0.171. The van der Waals surface area contributed by atoms with Gasteiger partial charge in [0.2, 0.25) is 0 Å². The van der Waals surface area contributed by atoms with Crippen molar-refractivity contribution >= 4 is 54.5 Å². The zero-order valence-corrected chi connectivity index (χ0v) is 28.6. The van der Waals surface area contributed by atoms with E-state index in [4.69, 9.17) is 4.74 Å². The normalized spacial score (nSPS) is 13.2. The number of hydrogen-bond donors (Lipinski definition) is 0. The summed E-state index contributed by atoms with van der Waals surface area (Å²) in [5, 5.41) is 6.92. The van der Waals surface area contributed by atoms with Crippen LogP contribution in [0.5, 0.6) is 0 Å². The third-order valence-electron chi connectivity index (χ3n) is 8.70. The van der Waals surface area contributed by atoms with Gasteiger partial charge in [0.05, 0.1) is 5.56 Å². The molecule has 2 atom stereocenters. The molecule has 232 valence electrons. The van der Waals surface area contributed by atoms with Gasteiger partial charge in [0.1, 0.15) is 20.5 Å². The molecule has 0 aliphatic heterocycles. The van der Waals surface area contributed by atoms with Crippen molar-refractivity contribution in [1.29, 1.82) is 0 Å². The standard InChI is InChI=1S/C41H41O3PSi/c1-4-40(46(3,35-23-13-7-14-24-35)36-25-15-8-16-26-36)38(31-32(2)29-30-42)44-41(43)37-27-17-18-28-39(37)45(33-19-9-5-10-20-33)34-21-11-6-12-22-34/h4-28,30,32,38H,29,31H2,1-3H3/b40-4-/t32-,38+/m1/s1. The van der Waals surface area contributed by atoms with Crippen LogP contribution in [-0.4, -0.2) is 26.4 Å². The molecule has 0 aliphatic carbocycles. The maximum atomic E-state index is 14.5. The first-order chi connectivity index (χ1) is 22.5. The Kier molecular flexibility index (Phi) is 11.3. The van der Waals surface area contributed by atoms with Crippen LogP contribution in [0.4, 0.5) is 0 Å². The highest BCUT2D eigenvalue weighted by molar-refractivity contribution is 7.80. The van der Waals surface area contributed by atoms with Crippen molar-refractivity contribution in [2.24, 2.45) is 5.92 Å². The van der Waals surface area contributed by atoms with E-state index in [0.29, 0.717) is 18.4 Å². The maximum Gasteiger partial charge on any atom is 0.339 e. The lowest BCUT2D eigenvalue weighted by atomic mass is 10.00. The van der Waals surface area contributed by atoms with Crippen molar-refractivity contribution in [3.05, 3.63) is 162 Å². The molecular weight excluding hydrogens is 600 g/mol. The van der Waals surface area contributed by atoms with E-state index >= 15 is 0 Å². The van der Waals surface area contributed by atoms with E-state index in [0.717, 1.165) is 16.8 Å². The number of hydrogen-bond acceptors (Lipinski definition) is 3. The smallest absolute Gasteiger partial charge is 0.339 e. The third-order valence-corrected chi connectivity index (χ3v) is 15.9. The van der Waals surface area contributed by atoms with Crippen molar-refractivity contribution in [1.82, 2.24) is 0 Å². The molecule has 0 saturated heterocycles. The number of rotatable bonds is 13. The van der Waals surface area contributed by atoms with E-state index in [1.807, 2.05) is 42.5 Å². The molecule has 0 unspecified atom stereocenters. The second kappa shape index (κ2) is 15.8. The first-order valence-electron chi connectivity index (χ1n) is 15.9. The van der Waals surface area contributed by atoms with E-state index < -0.39 is 22.1 Å². The van der Waals surface area contributed by atoms with Crippen LogP contribution in [0, 0.1) is 5.92 Å². The Hall–Kier alpha value is -4.37. The van der Waals surface area contributed by atoms with E-state index in [1.165, 1.54) is 21.0 Å². The zero-order chi connectivity index (χ0) is 32.4. The Balaban J connectivity index is 1.60. The van der Waals surface area contributed by atoms with Crippen molar-refractivity contribution in [2.45, 2.75) is 39.3 Å². The molecule has 5 heteroatoms. The second-order valence-electron chi connectivity index (χ2n) is 11.8. The first kappa shape index (κ1) is 33.0. The maximum absolute atomic E-state index is 14.5. The van der Waals surface area contributed by atoms with Gasteiger partial charge in [-0.15, -0.1) is 0 Å². The first-order valence-corrected chi connectivity index (χ1v) is 19.7. The summed E-state index contributed by atoms with van der Waals surface area (Å²) in [7, 11) is -3.61. The molecule has 3 nitrogen and oxygen atoms in total. The minimum Gasteiger partial charge on any atom is -0.455 e. The number of esters is 1. The van der Waals surface area contributed by atoms with Crippen LogP contribution in [0.15, 0.2) is 157 Å². The molecule has 0 aliphatic rings. The average Bonchev–Trinajstić information content (AvgIpc) is 3.10. The summed E-state index contributed by atoms with van der Waals surface area (Å²) in [5.74, 6) is -0.300. The van der Waals surface area contributed by atoms with Gasteiger partial charge in [0.25, 0.3) is 0 Å². The van der Waals surface area contributed by atoms with Crippen LogP contribution in [0.25, 0.3) is 0 Å². The van der Waals surface area contributed by atoms with Gasteiger partial charge < -0.3 is 9.53 Å². The van der Waals surface area contributed by atoms with Gasteiger partial charge in [0, 0.05) is 6.42 Å². The second-order valence-corrected chi connectivity index (χ2v) is 17.9. The number of allylic oxidation sites excluding steroid dienone is 1. The predicted molar refractivity (Wildman–Crippen MR) is 196 cm³/mol. The highest BCUT2D eigenvalue weighted by Crippen LogP contribution is 2.35. The van der Waals surface area contributed by atoms with Gasteiger partial charge in [-0.05, 0) is 64.7 Å². The molecule has 0 N–H and O–H groups in total. The van der Waals surface area contributed by atoms with Gasteiger partial charge in [-0.2, -0.15) is 0 Å². The van der Waals surface area contributed by atoms with Gasteiger partial charge in [-0.3, -0.25) is 0 Å². The predicted octanol–water partition coefficient (Wildman–Crippen LogP) is 6.96. The Morgan fingerprint density at radius 1 is 0.717 bits per heavy atom. The molecule has 0 spiro atoms. The fourth-order valence-corrected chi connectivity index (χ4v) is 12.9. The minimum absolute atomic E-state index is 0.0380. The summed E-state index contributed by atoms with van der Waals surface area (Å²) in [5.41, 5.74) is 0.576. The molecule has 5 rings (SSSR count). The summed E-state index contributed by atoms with van der Waals surface area (Å²) in [6, 6.07) is 49.9. The van der Waals surface area contributed by atoms with Crippen LogP contribution in [0.2, 0.25) is 6.55 Å². The van der Waals surface area contributed by atoms with E-state index in [2.05, 4.69) is 130 Å². The molecule has 46 heavy (non-hydrogen) atoms. The quantitative estimate of drug-likeness (QED) is 0.0605. The summed E-state index contributed by atoms with van der Waals surface area (Å²) in [6.07, 6.45) is 3.58. The monoisotopic (exact) mass is 640 g/mol. The molecule has 0 heterocycles. The SMILES string of the molecule is C/C=C(/[C@H](C[C@H](C)CC=O)OC(=O)c1ccccc1P(c1ccccc1)c1ccccc1)[Si](C)(c1ccccc1)c1ccccc1. The van der Waals surface area contributed by atoms with Crippen LogP contribution >= 0.6 is 7.92 Å². The van der Waals surface area contributed by atoms with Gasteiger partial charge in [-0.25, -0.2) is 4.79 Å². The largest absolute Gasteiger partial charge is 0.455 e. The van der Waals surface area contributed by atoms with Crippen molar-refractivity contribution in [2.75, 3.05) is 0 Å². The highest BCUT2D eigenvalue weighted by atomic mass is 31.1. The van der Waals surface area contributed by atoms with Crippen molar-refractivity contribution in [3.8, 4) is 0 Å². The summed E-state index contributed by atoms with van der Waals surface area (Å²) in [4.78, 5) is 26.1. The number of aldehydes is 1. The van der Waals surface area contributed by atoms with Crippen LogP contribution < -0.4 is 26.3 Å². The van der Waals surface area contributed by atoms with Crippen molar-refractivity contribution < 1.29 is 14.3 Å². The zero-order valence-electron chi connectivity index (χ0n) is 26.8. The molecule has 0 aromatic heterocycles. The number of benzene rings is 5. The molecule has 0 bridgehead atoms. The Morgan fingerprint density at radius 3 is 1.65 bits per heavy atom. The van der Waals surface area contributed by atoms with E-state index in [9.17, 15) is 9.59 Å². The Morgan fingerprint density at radius 2 is 1.17 bits per heavy atom. The van der Waals surface area contributed by atoms with Gasteiger partial charge >= 0.3 is 5.97 Å². The van der Waals surface area contributed by atoms with Crippen LogP contribution in [0.3, 0.4) is 0 Å². The Labute approximate surface area is 275 Å². The van der Waals surface area contributed by atoms with Crippen LogP contribution in [-0.2, 0) is 9.53 Å². The number of carbonyl (C=O) groups excluding carboxylic acids is 2. The van der Waals surface area contributed by atoms with E-state index in [1.54, 1.807) is 0 Å². The van der Waals surface area contributed by atoms with E-state index in [-0.39, 0.29) is 11.9 Å². The topological polar surface area (TPSA) is 43.4 Å². The molecule has 0 radical (unpaired) electrons. The fourth-order valence-electron chi connectivity index (χ4n) is 6.32. The lowest BCUT2D eigenvalue weighted by Gasteiger charge is -2.37. The van der Waals surface area contributed by atoms with Crippen LogP contribution in [0.1, 0.15) is 37.0 Å². The molecule has 0 amide bonds. The van der Waals surface area contributed by atoms with Gasteiger partial charge in [0.15, 0.2) is 0 Å². The highest BCUT2D eigenvalue weighted by Gasteiger charge is 2.41. The summed E-state index contributed by atoms with van der Waals surface area (Å²) >= 11 is 0. The number of ether oxygens (including phenoxy) is 1.